The maximum absolute atomic E-state index is 10.5. The third-order valence-corrected chi connectivity index (χ3v) is 3.14. The smallest absolute Gasteiger partial charge is 0.126 e. The monoisotopic (exact) mass is 263 g/mol. The van der Waals surface area contributed by atoms with Crippen molar-refractivity contribution in [3.63, 3.8) is 0 Å². The van der Waals surface area contributed by atoms with Gasteiger partial charge < -0.3 is 0 Å². The van der Waals surface area contributed by atoms with Crippen molar-refractivity contribution in [2.24, 2.45) is 5.18 Å². The minimum Gasteiger partial charge on any atom is -0.238 e. The van der Waals surface area contributed by atoms with Crippen LogP contribution in [0.3, 0.4) is 0 Å². The van der Waals surface area contributed by atoms with Gasteiger partial charge in [-0.3, -0.25) is 0 Å². The molecular weight excluding hydrogens is 250 g/mol. The molecule has 0 fully saturated rings. The van der Waals surface area contributed by atoms with Crippen LogP contribution in [-0.4, -0.2) is 9.78 Å². The molecule has 2 aromatic rings. The predicted octanol–water partition coefficient (Wildman–Crippen LogP) is 4.05. The van der Waals surface area contributed by atoms with Crippen molar-refractivity contribution in [1.82, 2.24) is 9.78 Å². The second kappa shape index (κ2) is 5.31. The van der Waals surface area contributed by atoms with Gasteiger partial charge in [-0.2, -0.15) is 5.10 Å². The summed E-state index contributed by atoms with van der Waals surface area (Å²) < 4.78 is 1.86. The number of aryl methyl sites for hydroxylation is 2. The van der Waals surface area contributed by atoms with E-state index in [0.717, 1.165) is 29.9 Å². The third kappa shape index (κ3) is 2.29. The molecule has 0 N–H and O–H groups in total. The van der Waals surface area contributed by atoms with E-state index < -0.39 is 0 Å². The molecule has 5 heteroatoms. The Balaban J connectivity index is 2.50. The van der Waals surface area contributed by atoms with Crippen LogP contribution in [0.1, 0.15) is 25.2 Å². The molecule has 2 rings (SSSR count). The van der Waals surface area contributed by atoms with Gasteiger partial charge in [0.25, 0.3) is 0 Å². The highest BCUT2D eigenvalue weighted by Crippen LogP contribution is 2.27. The van der Waals surface area contributed by atoms with Gasteiger partial charge in [-0.15, -0.1) is 4.91 Å². The van der Waals surface area contributed by atoms with Crippen molar-refractivity contribution < 1.29 is 0 Å². The summed E-state index contributed by atoms with van der Waals surface area (Å²) in [5, 5.41) is 7.72. The van der Waals surface area contributed by atoms with E-state index >= 15 is 0 Å². The van der Waals surface area contributed by atoms with Gasteiger partial charge in [0, 0.05) is 5.69 Å². The molecule has 0 aliphatic carbocycles. The van der Waals surface area contributed by atoms with Crippen LogP contribution in [-0.2, 0) is 12.8 Å². The molecule has 0 bridgehead atoms. The molecule has 0 saturated heterocycles. The number of rotatable bonds is 4. The molecular formula is C13H14ClN3O. The van der Waals surface area contributed by atoms with E-state index in [4.69, 9.17) is 11.6 Å². The van der Waals surface area contributed by atoms with Crippen LogP contribution < -0.4 is 0 Å². The number of aromatic nitrogens is 2. The number of hydrogen-bond acceptors (Lipinski definition) is 3. The highest BCUT2D eigenvalue weighted by atomic mass is 35.5. The lowest BCUT2D eigenvalue weighted by atomic mass is 10.2. The molecule has 0 radical (unpaired) electrons. The molecule has 0 saturated carbocycles. The number of benzene rings is 1. The van der Waals surface area contributed by atoms with E-state index in [0.29, 0.717) is 5.02 Å². The Bertz CT molecular complexity index is 578. The van der Waals surface area contributed by atoms with Gasteiger partial charge in [0.2, 0.25) is 0 Å². The van der Waals surface area contributed by atoms with Crippen LogP contribution in [0.25, 0.3) is 5.69 Å². The first kappa shape index (κ1) is 12.8. The minimum absolute atomic E-state index is 0.251. The van der Waals surface area contributed by atoms with Crippen molar-refractivity contribution in [3.05, 3.63) is 45.6 Å². The highest BCUT2D eigenvalue weighted by molar-refractivity contribution is 6.33. The molecule has 0 atom stereocenters. The Hall–Kier alpha value is -1.68. The topological polar surface area (TPSA) is 47.2 Å². The van der Waals surface area contributed by atoms with Crippen LogP contribution >= 0.6 is 11.6 Å². The molecule has 1 heterocycles. The zero-order chi connectivity index (χ0) is 13.1. The maximum atomic E-state index is 10.5. The van der Waals surface area contributed by atoms with Gasteiger partial charge in [-0.1, -0.05) is 25.4 Å². The average molecular weight is 264 g/mol. The Labute approximate surface area is 111 Å². The molecule has 0 amide bonds. The lowest BCUT2D eigenvalue weighted by Crippen LogP contribution is -2.01. The first-order valence-corrected chi connectivity index (χ1v) is 6.28. The normalized spacial score (nSPS) is 10.6. The van der Waals surface area contributed by atoms with Crippen molar-refractivity contribution >= 4 is 17.3 Å². The summed E-state index contributed by atoms with van der Waals surface area (Å²) in [7, 11) is 0. The summed E-state index contributed by atoms with van der Waals surface area (Å²) in [5.41, 5.74) is 3.26. The number of nitrogens with zero attached hydrogens (tertiary/aromatic N) is 3. The molecule has 4 nitrogen and oxygen atoms in total. The van der Waals surface area contributed by atoms with Crippen molar-refractivity contribution in [2.75, 3.05) is 0 Å². The van der Waals surface area contributed by atoms with Gasteiger partial charge in [-0.25, -0.2) is 4.68 Å². The van der Waals surface area contributed by atoms with Crippen LogP contribution in [0.15, 0.2) is 29.4 Å². The fourth-order valence-corrected chi connectivity index (χ4v) is 2.03. The lowest BCUT2D eigenvalue weighted by molar-refractivity contribution is 0.794. The maximum Gasteiger partial charge on any atom is 0.126 e. The van der Waals surface area contributed by atoms with E-state index in [1.165, 1.54) is 0 Å². The predicted molar refractivity (Wildman–Crippen MR) is 72.8 cm³/mol. The summed E-state index contributed by atoms with van der Waals surface area (Å²) in [6.07, 6.45) is 1.78. The summed E-state index contributed by atoms with van der Waals surface area (Å²) in [6, 6.07) is 7.20. The Morgan fingerprint density at radius 2 is 2.06 bits per heavy atom. The summed E-state index contributed by atoms with van der Waals surface area (Å²) in [6.45, 7) is 4.15. The second-order valence-electron chi connectivity index (χ2n) is 3.97. The first-order chi connectivity index (χ1) is 8.69. The minimum atomic E-state index is 0.251. The molecule has 1 aromatic heterocycles. The fraction of sp³-hybridized carbons (Fsp3) is 0.308. The van der Waals surface area contributed by atoms with Crippen molar-refractivity contribution in [2.45, 2.75) is 26.7 Å². The van der Waals surface area contributed by atoms with Gasteiger partial charge in [0.15, 0.2) is 0 Å². The van der Waals surface area contributed by atoms with E-state index in [-0.39, 0.29) is 5.69 Å². The molecule has 0 spiro atoms. The summed E-state index contributed by atoms with van der Waals surface area (Å²) >= 11 is 5.98. The Morgan fingerprint density at radius 1 is 1.28 bits per heavy atom. The average Bonchev–Trinajstić information content (AvgIpc) is 2.82. The van der Waals surface area contributed by atoms with Crippen LogP contribution in [0, 0.1) is 4.91 Å². The molecule has 0 unspecified atom stereocenters. The van der Waals surface area contributed by atoms with E-state index in [1.54, 1.807) is 18.2 Å². The quantitative estimate of drug-likeness (QED) is 0.782. The number of hydrogen-bond donors (Lipinski definition) is 0. The summed E-state index contributed by atoms with van der Waals surface area (Å²) in [5.74, 6) is 0. The molecule has 0 aliphatic rings. The lowest BCUT2D eigenvalue weighted by Gasteiger charge is -2.06. The highest BCUT2D eigenvalue weighted by Gasteiger charge is 2.09. The van der Waals surface area contributed by atoms with Crippen molar-refractivity contribution in [1.29, 1.82) is 0 Å². The van der Waals surface area contributed by atoms with E-state index in [2.05, 4.69) is 30.2 Å². The molecule has 0 aliphatic heterocycles. The Kier molecular flexibility index (Phi) is 3.77. The van der Waals surface area contributed by atoms with Gasteiger partial charge in [-0.05, 0) is 42.3 Å². The van der Waals surface area contributed by atoms with Crippen molar-refractivity contribution in [3.8, 4) is 5.69 Å². The molecule has 18 heavy (non-hydrogen) atoms. The Morgan fingerprint density at radius 3 is 2.61 bits per heavy atom. The molecule has 1 aromatic carbocycles. The standard InChI is InChI=1S/C13H14ClN3O/c1-3-9-7-10(4-2)17(15-9)11-5-6-13(16-18)12(14)8-11/h5-8H,3-4H2,1-2H3. The van der Waals surface area contributed by atoms with Crippen LogP contribution in [0.4, 0.5) is 5.69 Å². The second-order valence-corrected chi connectivity index (χ2v) is 4.38. The van der Waals surface area contributed by atoms with E-state index in [9.17, 15) is 4.91 Å². The largest absolute Gasteiger partial charge is 0.238 e. The van der Waals surface area contributed by atoms with Gasteiger partial charge in [0.1, 0.15) is 5.69 Å². The zero-order valence-corrected chi connectivity index (χ0v) is 11.1. The first-order valence-electron chi connectivity index (χ1n) is 5.90. The zero-order valence-electron chi connectivity index (χ0n) is 10.4. The van der Waals surface area contributed by atoms with E-state index in [1.807, 2.05) is 4.68 Å². The summed E-state index contributed by atoms with van der Waals surface area (Å²) in [4.78, 5) is 10.5. The number of halogens is 1. The van der Waals surface area contributed by atoms with Gasteiger partial charge >= 0.3 is 0 Å². The molecule has 94 valence electrons. The van der Waals surface area contributed by atoms with Crippen LogP contribution in [0.2, 0.25) is 5.02 Å². The van der Waals surface area contributed by atoms with Crippen LogP contribution in [0.5, 0.6) is 0 Å². The number of nitroso groups, excluding NO2 is 1. The SMILES string of the molecule is CCc1cc(CC)n(-c2ccc(N=O)c(Cl)c2)n1. The van der Waals surface area contributed by atoms with Gasteiger partial charge in [0.05, 0.1) is 16.4 Å². The third-order valence-electron chi connectivity index (χ3n) is 2.83. The fourth-order valence-electron chi connectivity index (χ4n) is 1.82.